The Bertz CT molecular complexity index is 442. The number of hydrogen-bond acceptors (Lipinski definition) is 3. The van der Waals surface area contributed by atoms with E-state index in [4.69, 9.17) is 0 Å². The maximum atomic E-state index is 12.4. The first-order chi connectivity index (χ1) is 11.6. The zero-order valence-corrected chi connectivity index (χ0v) is 14.9. The Morgan fingerprint density at radius 1 is 1.12 bits per heavy atom. The van der Waals surface area contributed by atoms with Crippen molar-refractivity contribution in [3.8, 4) is 0 Å². The molecular formula is C18H32N4O2. The van der Waals surface area contributed by atoms with Crippen LogP contribution in [0.5, 0.6) is 0 Å². The second-order valence-electron chi connectivity index (χ2n) is 7.69. The number of hydrogen-bond donors (Lipinski definition) is 2. The summed E-state index contributed by atoms with van der Waals surface area (Å²) in [5.41, 5.74) is 0. The van der Waals surface area contributed by atoms with Crippen LogP contribution in [0.25, 0.3) is 0 Å². The first kappa shape index (κ1) is 17.5. The van der Waals surface area contributed by atoms with Gasteiger partial charge >= 0.3 is 6.03 Å². The van der Waals surface area contributed by atoms with Crippen LogP contribution < -0.4 is 10.6 Å². The molecule has 6 heteroatoms. The van der Waals surface area contributed by atoms with Crippen molar-refractivity contribution in [2.45, 2.75) is 64.0 Å². The highest BCUT2D eigenvalue weighted by atomic mass is 16.2. The zero-order chi connectivity index (χ0) is 16.9. The third kappa shape index (κ3) is 4.41. The largest absolute Gasteiger partial charge is 0.353 e. The van der Waals surface area contributed by atoms with Crippen LogP contribution in [0.1, 0.15) is 51.9 Å². The SMILES string of the molecule is CC1C(=O)NCCN1C(=O)NC1CCN(CC2CCCCC2)CC1. The molecule has 0 spiro atoms. The van der Waals surface area contributed by atoms with Crippen LogP contribution in [0.15, 0.2) is 0 Å². The lowest BCUT2D eigenvalue weighted by atomic mass is 9.88. The number of piperidine rings is 1. The summed E-state index contributed by atoms with van der Waals surface area (Å²) in [6, 6.07) is -0.203. The number of nitrogens with zero attached hydrogens (tertiary/aromatic N) is 2. The van der Waals surface area contributed by atoms with Crippen LogP contribution in [0.3, 0.4) is 0 Å². The van der Waals surface area contributed by atoms with E-state index in [1.165, 1.54) is 38.6 Å². The van der Waals surface area contributed by atoms with Gasteiger partial charge in [-0.3, -0.25) is 4.79 Å². The van der Waals surface area contributed by atoms with Gasteiger partial charge in [0.15, 0.2) is 0 Å². The average molecular weight is 336 g/mol. The van der Waals surface area contributed by atoms with Crippen LogP contribution in [-0.2, 0) is 4.79 Å². The topological polar surface area (TPSA) is 64.7 Å². The summed E-state index contributed by atoms with van der Waals surface area (Å²) in [5.74, 6) is 0.830. The first-order valence-electron chi connectivity index (χ1n) is 9.70. The van der Waals surface area contributed by atoms with E-state index in [0.717, 1.165) is 31.8 Å². The van der Waals surface area contributed by atoms with Gasteiger partial charge in [-0.25, -0.2) is 4.79 Å². The Labute approximate surface area is 145 Å². The number of carbonyl (C=O) groups is 2. The van der Waals surface area contributed by atoms with E-state index >= 15 is 0 Å². The summed E-state index contributed by atoms with van der Waals surface area (Å²) in [7, 11) is 0. The molecule has 1 saturated carbocycles. The Balaban J connectivity index is 1.40. The molecule has 2 heterocycles. The molecular weight excluding hydrogens is 304 g/mol. The number of rotatable bonds is 3. The number of likely N-dealkylation sites (tertiary alicyclic amines) is 1. The van der Waals surface area contributed by atoms with Crippen molar-refractivity contribution in [1.29, 1.82) is 0 Å². The van der Waals surface area contributed by atoms with Gasteiger partial charge in [-0.1, -0.05) is 19.3 Å². The number of nitrogens with one attached hydrogen (secondary N) is 2. The lowest BCUT2D eigenvalue weighted by molar-refractivity contribution is -0.126. The number of piperazine rings is 1. The second-order valence-corrected chi connectivity index (χ2v) is 7.69. The molecule has 0 aromatic carbocycles. The first-order valence-corrected chi connectivity index (χ1v) is 9.70. The van der Waals surface area contributed by atoms with Crippen LogP contribution >= 0.6 is 0 Å². The molecule has 2 saturated heterocycles. The molecule has 0 bridgehead atoms. The fraction of sp³-hybridized carbons (Fsp3) is 0.889. The Morgan fingerprint density at radius 2 is 1.83 bits per heavy atom. The minimum absolute atomic E-state index is 0.0568. The van der Waals surface area contributed by atoms with Crippen molar-refractivity contribution >= 4 is 11.9 Å². The molecule has 0 aromatic rings. The van der Waals surface area contributed by atoms with E-state index < -0.39 is 0 Å². The Morgan fingerprint density at radius 3 is 2.54 bits per heavy atom. The quantitative estimate of drug-likeness (QED) is 0.822. The van der Waals surface area contributed by atoms with Gasteiger partial charge in [0.1, 0.15) is 6.04 Å². The van der Waals surface area contributed by atoms with E-state index in [9.17, 15) is 9.59 Å². The normalized spacial score (nSPS) is 27.8. The van der Waals surface area contributed by atoms with Gasteiger partial charge in [-0.15, -0.1) is 0 Å². The van der Waals surface area contributed by atoms with E-state index in [1.807, 2.05) is 0 Å². The summed E-state index contributed by atoms with van der Waals surface area (Å²) >= 11 is 0. The van der Waals surface area contributed by atoms with Gasteiger partial charge in [0.05, 0.1) is 0 Å². The van der Waals surface area contributed by atoms with Gasteiger partial charge in [-0.2, -0.15) is 0 Å². The molecule has 3 fully saturated rings. The van der Waals surface area contributed by atoms with Crippen molar-refractivity contribution in [2.24, 2.45) is 5.92 Å². The molecule has 24 heavy (non-hydrogen) atoms. The van der Waals surface area contributed by atoms with Gasteiger partial charge < -0.3 is 20.4 Å². The highest BCUT2D eigenvalue weighted by Crippen LogP contribution is 2.25. The molecule has 6 nitrogen and oxygen atoms in total. The maximum Gasteiger partial charge on any atom is 0.318 e. The van der Waals surface area contributed by atoms with Gasteiger partial charge in [0.2, 0.25) is 5.91 Å². The van der Waals surface area contributed by atoms with Crippen LogP contribution in [0, 0.1) is 5.92 Å². The van der Waals surface area contributed by atoms with Crippen molar-refractivity contribution < 1.29 is 9.59 Å². The lowest BCUT2D eigenvalue weighted by Crippen LogP contribution is -2.60. The number of carbonyl (C=O) groups excluding carboxylic acids is 2. The molecule has 3 rings (SSSR count). The van der Waals surface area contributed by atoms with Gasteiger partial charge in [0.25, 0.3) is 0 Å². The molecule has 0 radical (unpaired) electrons. The van der Waals surface area contributed by atoms with E-state index in [1.54, 1.807) is 11.8 Å². The van der Waals surface area contributed by atoms with Crippen molar-refractivity contribution in [1.82, 2.24) is 20.4 Å². The summed E-state index contributed by atoms with van der Waals surface area (Å²) in [6.07, 6.45) is 9.05. The van der Waals surface area contributed by atoms with Gasteiger partial charge in [-0.05, 0) is 38.5 Å². The van der Waals surface area contributed by atoms with Gasteiger partial charge in [0, 0.05) is 38.8 Å². The monoisotopic (exact) mass is 336 g/mol. The predicted molar refractivity (Wildman–Crippen MR) is 93.7 cm³/mol. The summed E-state index contributed by atoms with van der Waals surface area (Å²) < 4.78 is 0. The van der Waals surface area contributed by atoms with Crippen molar-refractivity contribution in [3.63, 3.8) is 0 Å². The standard InChI is InChI=1S/C18H32N4O2/c1-14-17(23)19-9-12-22(14)18(24)20-16-7-10-21(11-8-16)13-15-5-3-2-4-6-15/h14-16H,2-13H2,1H3,(H,19,23)(H,20,24). The van der Waals surface area contributed by atoms with E-state index in [-0.39, 0.29) is 24.0 Å². The molecule has 2 N–H and O–H groups in total. The predicted octanol–water partition coefficient (Wildman–Crippen LogP) is 1.56. The Kier molecular flexibility index (Phi) is 5.98. The minimum atomic E-state index is -0.370. The molecule has 136 valence electrons. The summed E-state index contributed by atoms with van der Waals surface area (Å²) in [6.45, 7) is 6.34. The number of urea groups is 1. The smallest absolute Gasteiger partial charge is 0.318 e. The van der Waals surface area contributed by atoms with Crippen LogP contribution in [-0.4, -0.2) is 66.5 Å². The molecule has 1 aliphatic carbocycles. The molecule has 2 aliphatic heterocycles. The molecule has 3 amide bonds. The molecule has 0 aromatic heterocycles. The number of amides is 3. The molecule has 1 unspecified atom stereocenters. The fourth-order valence-electron chi connectivity index (χ4n) is 4.31. The van der Waals surface area contributed by atoms with E-state index in [2.05, 4.69) is 15.5 Å². The lowest BCUT2D eigenvalue weighted by Gasteiger charge is -2.38. The minimum Gasteiger partial charge on any atom is -0.353 e. The summed E-state index contributed by atoms with van der Waals surface area (Å²) in [4.78, 5) is 28.4. The third-order valence-electron chi connectivity index (χ3n) is 5.92. The zero-order valence-electron chi connectivity index (χ0n) is 14.9. The van der Waals surface area contributed by atoms with Crippen LogP contribution in [0.2, 0.25) is 0 Å². The van der Waals surface area contributed by atoms with Crippen molar-refractivity contribution in [2.75, 3.05) is 32.7 Å². The molecule has 3 aliphatic rings. The highest BCUT2D eigenvalue weighted by molar-refractivity contribution is 5.87. The second kappa shape index (κ2) is 8.19. The van der Waals surface area contributed by atoms with Crippen LogP contribution in [0.4, 0.5) is 4.79 Å². The average Bonchev–Trinajstić information content (AvgIpc) is 2.60. The van der Waals surface area contributed by atoms with Crippen molar-refractivity contribution in [3.05, 3.63) is 0 Å². The Hall–Kier alpha value is -1.30. The fourth-order valence-corrected chi connectivity index (χ4v) is 4.31. The molecule has 1 atom stereocenters. The highest BCUT2D eigenvalue weighted by Gasteiger charge is 2.31. The van der Waals surface area contributed by atoms with E-state index in [0.29, 0.717) is 13.1 Å². The summed E-state index contributed by atoms with van der Waals surface area (Å²) in [5, 5.41) is 5.94. The third-order valence-corrected chi connectivity index (χ3v) is 5.92. The maximum absolute atomic E-state index is 12.4.